The number of hydrogen-bond donors (Lipinski definition) is 1. The van der Waals surface area contributed by atoms with Gasteiger partial charge < -0.3 is 5.11 Å². The van der Waals surface area contributed by atoms with Crippen LogP contribution >= 0.6 is 15.9 Å². The molecule has 0 aliphatic heterocycles. The van der Waals surface area contributed by atoms with Crippen molar-refractivity contribution in [3.05, 3.63) is 46.0 Å². The second-order valence-corrected chi connectivity index (χ2v) is 4.59. The van der Waals surface area contributed by atoms with Crippen molar-refractivity contribution in [1.82, 2.24) is 0 Å². The van der Waals surface area contributed by atoms with E-state index in [0.717, 1.165) is 15.6 Å². The fourth-order valence-electron chi connectivity index (χ4n) is 1.96. The van der Waals surface area contributed by atoms with Crippen LogP contribution in [0.2, 0.25) is 0 Å². The Bertz CT molecular complexity index is 437. The van der Waals surface area contributed by atoms with E-state index in [2.05, 4.69) is 15.9 Å². The molecule has 0 aromatic heterocycles. The van der Waals surface area contributed by atoms with Crippen molar-refractivity contribution >= 4 is 21.7 Å². The van der Waals surface area contributed by atoms with Crippen molar-refractivity contribution < 1.29 is 9.90 Å². The second-order valence-electron chi connectivity index (χ2n) is 3.73. The first-order valence-corrected chi connectivity index (χ1v) is 5.55. The van der Waals surface area contributed by atoms with Crippen LogP contribution in [0.3, 0.4) is 0 Å². The Morgan fingerprint density at radius 1 is 1.33 bits per heavy atom. The van der Waals surface area contributed by atoms with Gasteiger partial charge in [-0.2, -0.15) is 0 Å². The van der Waals surface area contributed by atoms with Crippen LogP contribution in [-0.4, -0.2) is 17.0 Å². The molecule has 1 aromatic rings. The zero-order valence-corrected chi connectivity index (χ0v) is 9.86. The molecular weight excluding hydrogens is 256 g/mol. The average Bonchev–Trinajstić information content (AvgIpc) is 2.43. The SMILES string of the molecule is CC1=CC(=O)[C@H](O)[C@H]1c1ccccc1Br. The summed E-state index contributed by atoms with van der Waals surface area (Å²) in [6.07, 6.45) is 0.595. The number of carbonyl (C=O) groups is 1. The number of benzene rings is 1. The Morgan fingerprint density at radius 3 is 2.53 bits per heavy atom. The molecule has 0 saturated carbocycles. The largest absolute Gasteiger partial charge is 0.384 e. The van der Waals surface area contributed by atoms with Crippen molar-refractivity contribution in [2.75, 3.05) is 0 Å². The van der Waals surface area contributed by atoms with Gasteiger partial charge in [-0.25, -0.2) is 0 Å². The predicted octanol–water partition coefficient (Wildman–Crippen LogP) is 2.42. The minimum absolute atomic E-state index is 0.201. The molecule has 1 aromatic carbocycles. The van der Waals surface area contributed by atoms with E-state index in [1.807, 2.05) is 31.2 Å². The average molecular weight is 267 g/mol. The maximum Gasteiger partial charge on any atom is 0.185 e. The minimum atomic E-state index is -0.927. The number of aliphatic hydroxyl groups is 1. The van der Waals surface area contributed by atoms with E-state index in [0.29, 0.717) is 0 Å². The molecule has 78 valence electrons. The summed E-state index contributed by atoms with van der Waals surface area (Å²) in [5.74, 6) is -0.402. The fraction of sp³-hybridized carbons (Fsp3) is 0.250. The number of hydrogen-bond acceptors (Lipinski definition) is 2. The van der Waals surface area contributed by atoms with E-state index in [-0.39, 0.29) is 11.7 Å². The first kappa shape index (κ1) is 10.6. The topological polar surface area (TPSA) is 37.3 Å². The van der Waals surface area contributed by atoms with Crippen molar-refractivity contribution in [1.29, 1.82) is 0 Å². The van der Waals surface area contributed by atoms with Crippen molar-refractivity contribution in [3.63, 3.8) is 0 Å². The summed E-state index contributed by atoms with van der Waals surface area (Å²) in [5, 5.41) is 9.78. The molecule has 1 aliphatic carbocycles. The molecule has 2 atom stereocenters. The van der Waals surface area contributed by atoms with Gasteiger partial charge in [0, 0.05) is 10.4 Å². The molecule has 0 heterocycles. The molecule has 0 spiro atoms. The smallest absolute Gasteiger partial charge is 0.185 e. The number of ketones is 1. The van der Waals surface area contributed by atoms with Gasteiger partial charge in [0.15, 0.2) is 5.78 Å². The van der Waals surface area contributed by atoms with Gasteiger partial charge in [-0.1, -0.05) is 39.7 Å². The zero-order valence-electron chi connectivity index (χ0n) is 8.27. The van der Waals surface area contributed by atoms with E-state index in [1.165, 1.54) is 6.08 Å². The molecule has 0 radical (unpaired) electrons. The van der Waals surface area contributed by atoms with Crippen LogP contribution in [0.5, 0.6) is 0 Å². The van der Waals surface area contributed by atoms with Gasteiger partial charge in [0.2, 0.25) is 0 Å². The van der Waals surface area contributed by atoms with Gasteiger partial charge in [0.25, 0.3) is 0 Å². The van der Waals surface area contributed by atoms with E-state index >= 15 is 0 Å². The summed E-state index contributed by atoms with van der Waals surface area (Å²) in [5.41, 5.74) is 1.88. The van der Waals surface area contributed by atoms with Crippen molar-refractivity contribution in [2.24, 2.45) is 0 Å². The lowest BCUT2D eigenvalue weighted by atomic mass is 9.91. The van der Waals surface area contributed by atoms with E-state index in [1.54, 1.807) is 0 Å². The van der Waals surface area contributed by atoms with Crippen LogP contribution in [0.25, 0.3) is 0 Å². The molecule has 0 saturated heterocycles. The minimum Gasteiger partial charge on any atom is -0.384 e. The molecule has 2 rings (SSSR count). The summed E-state index contributed by atoms with van der Waals surface area (Å²) >= 11 is 3.43. The first-order valence-electron chi connectivity index (χ1n) is 4.76. The number of aliphatic hydroxyl groups excluding tert-OH is 1. The third kappa shape index (κ3) is 1.77. The molecule has 3 heteroatoms. The van der Waals surface area contributed by atoms with Gasteiger partial charge >= 0.3 is 0 Å². The number of rotatable bonds is 1. The highest BCUT2D eigenvalue weighted by atomic mass is 79.9. The Hall–Kier alpha value is -0.930. The second kappa shape index (κ2) is 3.91. The fourth-order valence-corrected chi connectivity index (χ4v) is 2.49. The standard InChI is InChI=1S/C12H11BrO2/c1-7-6-10(14)12(15)11(7)8-4-2-3-5-9(8)13/h2-6,11-12,15H,1H3/t11-,12+/m1/s1. The lowest BCUT2D eigenvalue weighted by Gasteiger charge is -2.17. The lowest BCUT2D eigenvalue weighted by Crippen LogP contribution is -2.21. The van der Waals surface area contributed by atoms with Crippen LogP contribution in [0.15, 0.2) is 40.4 Å². The number of carbonyl (C=O) groups excluding carboxylic acids is 1. The Balaban J connectivity index is 2.45. The predicted molar refractivity (Wildman–Crippen MR) is 61.7 cm³/mol. The monoisotopic (exact) mass is 266 g/mol. The van der Waals surface area contributed by atoms with E-state index in [4.69, 9.17) is 0 Å². The quantitative estimate of drug-likeness (QED) is 0.848. The summed E-state index contributed by atoms with van der Waals surface area (Å²) < 4.78 is 0.927. The lowest BCUT2D eigenvalue weighted by molar-refractivity contribution is -0.121. The highest BCUT2D eigenvalue weighted by Gasteiger charge is 2.34. The Labute approximate surface area is 96.7 Å². The highest BCUT2D eigenvalue weighted by Crippen LogP contribution is 2.36. The molecule has 0 bridgehead atoms. The summed E-state index contributed by atoms with van der Waals surface area (Å²) in [6.45, 7) is 1.87. The van der Waals surface area contributed by atoms with Crippen molar-refractivity contribution in [2.45, 2.75) is 18.9 Å². The Morgan fingerprint density at radius 2 is 2.00 bits per heavy atom. The van der Waals surface area contributed by atoms with Gasteiger partial charge in [-0.05, 0) is 24.6 Å². The van der Waals surface area contributed by atoms with E-state index < -0.39 is 6.10 Å². The van der Waals surface area contributed by atoms with Crippen LogP contribution in [0.4, 0.5) is 0 Å². The van der Waals surface area contributed by atoms with Crippen LogP contribution < -0.4 is 0 Å². The normalized spacial score (nSPS) is 25.5. The molecule has 0 fully saturated rings. The third-order valence-electron chi connectivity index (χ3n) is 2.71. The molecule has 0 unspecified atom stereocenters. The van der Waals surface area contributed by atoms with Gasteiger partial charge in [-0.3, -0.25) is 4.79 Å². The number of halogens is 1. The highest BCUT2D eigenvalue weighted by molar-refractivity contribution is 9.10. The van der Waals surface area contributed by atoms with Gasteiger partial charge in [0.05, 0.1) is 0 Å². The van der Waals surface area contributed by atoms with Crippen molar-refractivity contribution in [3.8, 4) is 0 Å². The Kier molecular flexibility index (Phi) is 2.76. The third-order valence-corrected chi connectivity index (χ3v) is 3.43. The molecule has 1 aliphatic rings. The first-order chi connectivity index (χ1) is 7.11. The van der Waals surface area contributed by atoms with Gasteiger partial charge in [0.1, 0.15) is 6.10 Å². The zero-order chi connectivity index (χ0) is 11.0. The molecule has 0 amide bonds. The molecule has 15 heavy (non-hydrogen) atoms. The van der Waals surface area contributed by atoms with E-state index in [9.17, 15) is 9.90 Å². The summed E-state index contributed by atoms with van der Waals surface area (Å²) in [4.78, 5) is 11.3. The molecular formula is C12H11BrO2. The molecule has 2 nitrogen and oxygen atoms in total. The summed E-state index contributed by atoms with van der Waals surface area (Å²) in [7, 11) is 0. The van der Waals surface area contributed by atoms with Crippen LogP contribution in [0.1, 0.15) is 18.4 Å². The maximum absolute atomic E-state index is 11.3. The van der Waals surface area contributed by atoms with Crippen LogP contribution in [-0.2, 0) is 4.79 Å². The molecule has 1 N–H and O–H groups in total. The van der Waals surface area contributed by atoms with Crippen LogP contribution in [0, 0.1) is 0 Å². The maximum atomic E-state index is 11.3. The van der Waals surface area contributed by atoms with Gasteiger partial charge in [-0.15, -0.1) is 0 Å². The summed E-state index contributed by atoms with van der Waals surface area (Å²) in [6, 6.07) is 7.66.